The Kier molecular flexibility index (Phi) is 5.36. The molecule has 0 rings (SSSR count). The minimum Gasteiger partial charge on any atom is -0.294 e. The minimum atomic E-state index is -1.15. The van der Waals surface area contributed by atoms with Crippen LogP contribution in [-0.4, -0.2) is 17.3 Å². The average Bonchev–Trinajstić information content (AvgIpc) is 2.26. The molecule has 0 aromatic rings. The first kappa shape index (κ1) is 17.2. The third-order valence-electron chi connectivity index (χ3n) is 3.06. The van der Waals surface area contributed by atoms with Crippen LogP contribution in [0.2, 0.25) is 0 Å². The van der Waals surface area contributed by atoms with E-state index in [1.807, 2.05) is 0 Å². The van der Waals surface area contributed by atoms with E-state index in [4.69, 9.17) is 0 Å². The summed E-state index contributed by atoms with van der Waals surface area (Å²) in [6.07, 6.45) is 0. The van der Waals surface area contributed by atoms with Gasteiger partial charge in [-0.25, -0.2) is 0 Å². The zero-order valence-corrected chi connectivity index (χ0v) is 12.4. The predicted molar refractivity (Wildman–Crippen MR) is 76.7 cm³/mol. The van der Waals surface area contributed by atoms with E-state index >= 15 is 0 Å². The van der Waals surface area contributed by atoms with Gasteiger partial charge in [0.2, 0.25) is 0 Å². The fourth-order valence-corrected chi connectivity index (χ4v) is 1.95. The number of ketones is 3. The van der Waals surface area contributed by atoms with Crippen molar-refractivity contribution >= 4 is 17.3 Å². The Labute approximate surface area is 115 Å². The second-order valence-electron chi connectivity index (χ2n) is 5.55. The van der Waals surface area contributed by atoms with Gasteiger partial charge in [0.1, 0.15) is 0 Å². The molecule has 0 atom stereocenters. The molecule has 0 aromatic carbocycles. The standard InChI is InChI=1S/C16H22O3/c1-9(2)13(17)12(14(18)10(3)4)16(7,8)15(19)11(5)6/h12H,1,3,5H2,2,4,6-8H3. The molecule has 0 saturated heterocycles. The third kappa shape index (κ3) is 3.60. The molecule has 0 unspecified atom stereocenters. The van der Waals surface area contributed by atoms with Crippen molar-refractivity contribution in [1.29, 1.82) is 0 Å². The Bertz CT molecular complexity index is 452. The molecule has 0 heterocycles. The topological polar surface area (TPSA) is 51.2 Å². The summed E-state index contributed by atoms with van der Waals surface area (Å²) in [5.74, 6) is -2.24. The van der Waals surface area contributed by atoms with Gasteiger partial charge in [-0.3, -0.25) is 14.4 Å². The van der Waals surface area contributed by atoms with Gasteiger partial charge in [0.05, 0.1) is 5.92 Å². The van der Waals surface area contributed by atoms with Crippen molar-refractivity contribution in [3.05, 3.63) is 36.5 Å². The minimum absolute atomic E-state index is 0.252. The van der Waals surface area contributed by atoms with Crippen molar-refractivity contribution in [2.75, 3.05) is 0 Å². The highest BCUT2D eigenvalue weighted by Crippen LogP contribution is 2.34. The van der Waals surface area contributed by atoms with Crippen molar-refractivity contribution in [1.82, 2.24) is 0 Å². The van der Waals surface area contributed by atoms with Gasteiger partial charge >= 0.3 is 0 Å². The zero-order valence-electron chi connectivity index (χ0n) is 12.4. The molecule has 104 valence electrons. The summed E-state index contributed by atoms with van der Waals surface area (Å²) < 4.78 is 0. The van der Waals surface area contributed by atoms with E-state index in [0.29, 0.717) is 5.57 Å². The zero-order chi connectivity index (χ0) is 15.5. The molecule has 0 fully saturated rings. The van der Waals surface area contributed by atoms with E-state index in [1.165, 1.54) is 13.8 Å². The number of allylic oxidation sites excluding steroid dienone is 3. The number of rotatable bonds is 7. The maximum atomic E-state index is 12.2. The lowest BCUT2D eigenvalue weighted by molar-refractivity contribution is -0.140. The van der Waals surface area contributed by atoms with Crippen LogP contribution in [-0.2, 0) is 14.4 Å². The van der Waals surface area contributed by atoms with Crippen molar-refractivity contribution in [3.8, 4) is 0 Å². The second-order valence-corrected chi connectivity index (χ2v) is 5.55. The van der Waals surface area contributed by atoms with Crippen LogP contribution < -0.4 is 0 Å². The lowest BCUT2D eigenvalue weighted by Gasteiger charge is -2.31. The summed E-state index contributed by atoms with van der Waals surface area (Å²) in [4.78, 5) is 36.6. The highest BCUT2D eigenvalue weighted by Gasteiger charge is 2.45. The van der Waals surface area contributed by atoms with Crippen molar-refractivity contribution in [3.63, 3.8) is 0 Å². The third-order valence-corrected chi connectivity index (χ3v) is 3.06. The molecule has 3 heteroatoms. The molecule has 0 aliphatic rings. The van der Waals surface area contributed by atoms with Crippen LogP contribution in [0.4, 0.5) is 0 Å². The number of hydrogen-bond acceptors (Lipinski definition) is 3. The number of carbonyl (C=O) groups is 3. The highest BCUT2D eigenvalue weighted by molar-refractivity contribution is 6.19. The Hall–Kier alpha value is -1.77. The van der Waals surface area contributed by atoms with E-state index in [2.05, 4.69) is 19.7 Å². The van der Waals surface area contributed by atoms with Crippen molar-refractivity contribution in [2.24, 2.45) is 11.3 Å². The van der Waals surface area contributed by atoms with Crippen LogP contribution in [0.25, 0.3) is 0 Å². The van der Waals surface area contributed by atoms with Crippen molar-refractivity contribution < 1.29 is 14.4 Å². The Morgan fingerprint density at radius 2 is 1.11 bits per heavy atom. The second kappa shape index (κ2) is 5.91. The fourth-order valence-electron chi connectivity index (χ4n) is 1.95. The van der Waals surface area contributed by atoms with E-state index in [1.54, 1.807) is 20.8 Å². The monoisotopic (exact) mass is 262 g/mol. The first-order chi connectivity index (χ1) is 8.44. The molecule has 0 spiro atoms. The van der Waals surface area contributed by atoms with Crippen molar-refractivity contribution in [2.45, 2.75) is 34.6 Å². The van der Waals surface area contributed by atoms with Gasteiger partial charge in [-0.05, 0) is 37.5 Å². The molecule has 0 saturated carbocycles. The highest BCUT2D eigenvalue weighted by atomic mass is 16.2. The van der Waals surface area contributed by atoms with Crippen LogP contribution >= 0.6 is 0 Å². The Morgan fingerprint density at radius 1 is 0.789 bits per heavy atom. The molecule has 0 bridgehead atoms. The molecule has 0 aromatic heterocycles. The first-order valence-corrected chi connectivity index (χ1v) is 6.04. The Morgan fingerprint density at radius 3 is 1.32 bits per heavy atom. The lowest BCUT2D eigenvalue weighted by Crippen LogP contribution is -2.43. The summed E-state index contributed by atoms with van der Waals surface area (Å²) >= 11 is 0. The average molecular weight is 262 g/mol. The fraction of sp³-hybridized carbons (Fsp3) is 0.438. The molecule has 0 amide bonds. The molecule has 0 aliphatic carbocycles. The molecule has 0 radical (unpaired) electrons. The largest absolute Gasteiger partial charge is 0.294 e. The van der Waals surface area contributed by atoms with Crippen LogP contribution in [0.3, 0.4) is 0 Å². The van der Waals surface area contributed by atoms with Gasteiger partial charge in [-0.2, -0.15) is 0 Å². The maximum absolute atomic E-state index is 12.2. The SMILES string of the molecule is C=C(C)C(=O)C(C(=O)C(=C)C)C(C)(C)C(=O)C(=C)C. The van der Waals surface area contributed by atoms with Gasteiger partial charge in [0, 0.05) is 5.41 Å². The molecular formula is C16H22O3. The molecule has 3 nitrogen and oxygen atoms in total. The van der Waals surface area contributed by atoms with Crippen LogP contribution in [0.5, 0.6) is 0 Å². The quantitative estimate of drug-likeness (QED) is 0.523. The Balaban J connectivity index is 5.86. The van der Waals surface area contributed by atoms with E-state index < -0.39 is 22.9 Å². The first-order valence-electron chi connectivity index (χ1n) is 6.04. The molecular weight excluding hydrogens is 240 g/mol. The van der Waals surface area contributed by atoms with E-state index in [-0.39, 0.29) is 16.9 Å². The van der Waals surface area contributed by atoms with E-state index in [9.17, 15) is 14.4 Å². The number of hydrogen-bond donors (Lipinski definition) is 0. The van der Waals surface area contributed by atoms with Gasteiger partial charge < -0.3 is 0 Å². The molecule has 19 heavy (non-hydrogen) atoms. The van der Waals surface area contributed by atoms with E-state index in [0.717, 1.165) is 0 Å². The normalized spacial score (nSPS) is 11.1. The summed E-state index contributed by atoms with van der Waals surface area (Å²) in [7, 11) is 0. The van der Waals surface area contributed by atoms with Crippen LogP contribution in [0.15, 0.2) is 36.5 Å². The van der Waals surface area contributed by atoms with Crippen LogP contribution in [0.1, 0.15) is 34.6 Å². The van der Waals surface area contributed by atoms with Gasteiger partial charge in [-0.1, -0.05) is 33.6 Å². The van der Waals surface area contributed by atoms with Gasteiger partial charge in [-0.15, -0.1) is 0 Å². The van der Waals surface area contributed by atoms with Gasteiger partial charge in [0.15, 0.2) is 17.3 Å². The number of carbonyl (C=O) groups excluding carboxylic acids is 3. The molecule has 0 N–H and O–H groups in total. The van der Waals surface area contributed by atoms with Gasteiger partial charge in [0.25, 0.3) is 0 Å². The number of Topliss-reactive ketones (excluding diaryl/α,β-unsaturated/α-hetero) is 3. The lowest BCUT2D eigenvalue weighted by atomic mass is 9.68. The smallest absolute Gasteiger partial charge is 0.169 e. The molecule has 0 aliphatic heterocycles. The predicted octanol–water partition coefficient (Wildman–Crippen LogP) is 3.06. The summed E-state index contributed by atoms with van der Waals surface area (Å²) in [5, 5.41) is 0. The maximum Gasteiger partial charge on any atom is 0.169 e. The summed E-state index contributed by atoms with van der Waals surface area (Å²) in [6.45, 7) is 18.5. The summed E-state index contributed by atoms with van der Waals surface area (Å²) in [6, 6.07) is 0. The van der Waals surface area contributed by atoms with Crippen LogP contribution in [0, 0.1) is 11.3 Å². The summed E-state index contributed by atoms with van der Waals surface area (Å²) in [5.41, 5.74) is -0.332.